The Morgan fingerprint density at radius 2 is 1.64 bits per heavy atom. The number of carbonyl (C=O) groups excluding carboxylic acids is 1. The molecule has 4 nitrogen and oxygen atoms in total. The van der Waals surface area contributed by atoms with Gasteiger partial charge in [0.05, 0.1) is 12.0 Å². The van der Waals surface area contributed by atoms with Gasteiger partial charge in [0.15, 0.2) is 0 Å². The number of benzene rings is 3. The van der Waals surface area contributed by atoms with E-state index in [1.165, 1.54) is 17.7 Å². The summed E-state index contributed by atoms with van der Waals surface area (Å²) in [5, 5.41) is 7.50. The van der Waals surface area contributed by atoms with Crippen molar-refractivity contribution in [3.63, 3.8) is 0 Å². The highest BCUT2D eigenvalue weighted by Gasteiger charge is 2.14. The third kappa shape index (κ3) is 11.9. The summed E-state index contributed by atoms with van der Waals surface area (Å²) in [5.41, 5.74) is 5.67. The summed E-state index contributed by atoms with van der Waals surface area (Å²) in [6, 6.07) is 22.4. The molecule has 0 aromatic heterocycles. The zero-order valence-electron chi connectivity index (χ0n) is 23.7. The average molecular weight is 550 g/mol. The van der Waals surface area contributed by atoms with Gasteiger partial charge in [-0.2, -0.15) is 0 Å². The topological polar surface area (TPSA) is 53.5 Å². The lowest BCUT2D eigenvalue weighted by Crippen LogP contribution is -2.22. The van der Waals surface area contributed by atoms with E-state index < -0.39 is 0 Å². The molecule has 0 saturated heterocycles. The van der Waals surface area contributed by atoms with Crippen molar-refractivity contribution in [2.75, 3.05) is 6.54 Å². The molecule has 3 aromatic carbocycles. The first kappa shape index (κ1) is 31.8. The fraction of sp³-hybridized carbons (Fsp3) is 0.333. The van der Waals surface area contributed by atoms with Crippen LogP contribution in [0.1, 0.15) is 58.6 Å². The van der Waals surface area contributed by atoms with Gasteiger partial charge in [0.2, 0.25) is 0 Å². The monoisotopic (exact) mass is 549 g/mol. The molecule has 39 heavy (non-hydrogen) atoms. The van der Waals surface area contributed by atoms with Gasteiger partial charge < -0.3 is 15.4 Å². The van der Waals surface area contributed by atoms with Crippen LogP contribution in [0.25, 0.3) is 16.8 Å². The van der Waals surface area contributed by atoms with Gasteiger partial charge in [0, 0.05) is 41.4 Å². The molecule has 0 amide bonds. The Labute approximate surface area is 238 Å². The summed E-state index contributed by atoms with van der Waals surface area (Å²) in [4.78, 5) is 14.9. The van der Waals surface area contributed by atoms with Crippen LogP contribution in [-0.4, -0.2) is 19.2 Å². The Morgan fingerprint density at radius 3 is 2.23 bits per heavy atom. The first-order valence-corrected chi connectivity index (χ1v) is 13.8. The second-order valence-electron chi connectivity index (χ2n) is 10.4. The van der Waals surface area contributed by atoms with Crippen LogP contribution in [0, 0.1) is 17.7 Å². The van der Waals surface area contributed by atoms with Gasteiger partial charge in [-0.3, -0.25) is 4.99 Å². The highest BCUT2D eigenvalue weighted by atomic mass is 35.5. The molecule has 6 heteroatoms. The minimum absolute atomic E-state index is 0.285. The smallest absolute Gasteiger partial charge is 0.123 e. The van der Waals surface area contributed by atoms with Crippen LogP contribution in [0.5, 0.6) is 0 Å². The molecule has 3 rings (SSSR count). The zero-order valence-corrected chi connectivity index (χ0v) is 24.4. The maximum Gasteiger partial charge on any atom is 0.123 e. The van der Waals surface area contributed by atoms with Crippen LogP contribution in [-0.2, 0) is 11.3 Å². The van der Waals surface area contributed by atoms with Crippen molar-refractivity contribution in [3.05, 3.63) is 100 Å². The van der Waals surface area contributed by atoms with Crippen molar-refractivity contribution < 1.29 is 9.18 Å². The van der Waals surface area contributed by atoms with Gasteiger partial charge in [-0.05, 0) is 47.6 Å². The lowest BCUT2D eigenvalue weighted by atomic mass is 9.99. The van der Waals surface area contributed by atoms with Gasteiger partial charge in [0.1, 0.15) is 12.1 Å². The molecule has 0 aliphatic rings. The van der Waals surface area contributed by atoms with Crippen molar-refractivity contribution in [2.45, 2.75) is 54.0 Å². The lowest BCUT2D eigenvalue weighted by molar-refractivity contribution is -0.107. The normalized spacial score (nSPS) is 11.7. The summed E-state index contributed by atoms with van der Waals surface area (Å²) < 4.78 is 13.4. The molecular formula is C33H41ClFN3O. The maximum atomic E-state index is 13.4. The number of allylic oxidation sites excluding steroid dienone is 1. The number of hydrogen-bond acceptors (Lipinski definition) is 3. The molecule has 0 atom stereocenters. The summed E-state index contributed by atoms with van der Waals surface area (Å²) in [6.45, 7) is 11.9. The van der Waals surface area contributed by atoms with Gasteiger partial charge >= 0.3 is 0 Å². The largest absolute Gasteiger partial charge is 0.383 e. The van der Waals surface area contributed by atoms with Crippen LogP contribution in [0.3, 0.4) is 0 Å². The zero-order chi connectivity index (χ0) is 28.6. The highest BCUT2D eigenvalue weighted by molar-refractivity contribution is 6.33. The lowest BCUT2D eigenvalue weighted by Gasteiger charge is -2.20. The molecule has 2 N–H and O–H groups in total. The number of nitrogens with one attached hydrogen (secondary N) is 2. The van der Waals surface area contributed by atoms with E-state index in [0.29, 0.717) is 30.5 Å². The van der Waals surface area contributed by atoms with E-state index in [0.717, 1.165) is 46.7 Å². The number of carbonyl (C=O) groups is 1. The van der Waals surface area contributed by atoms with Crippen LogP contribution >= 0.6 is 11.6 Å². The van der Waals surface area contributed by atoms with E-state index in [1.54, 1.807) is 18.5 Å². The van der Waals surface area contributed by atoms with Crippen molar-refractivity contribution in [1.29, 1.82) is 0 Å². The third-order valence-electron chi connectivity index (χ3n) is 5.35. The van der Waals surface area contributed by atoms with Crippen LogP contribution in [0.4, 0.5) is 4.39 Å². The van der Waals surface area contributed by atoms with E-state index >= 15 is 0 Å². The molecule has 0 fully saturated rings. The van der Waals surface area contributed by atoms with E-state index in [2.05, 4.69) is 62.4 Å². The molecule has 0 bridgehead atoms. The van der Waals surface area contributed by atoms with Crippen LogP contribution < -0.4 is 10.6 Å². The fourth-order valence-electron chi connectivity index (χ4n) is 3.66. The molecule has 208 valence electrons. The number of hydrogen-bond donors (Lipinski definition) is 2. The molecule has 0 heterocycles. The van der Waals surface area contributed by atoms with E-state index in [4.69, 9.17) is 11.6 Å². The number of rotatable bonds is 12. The maximum absolute atomic E-state index is 13.4. The minimum Gasteiger partial charge on any atom is -0.383 e. The first-order chi connectivity index (χ1) is 18.7. The predicted molar refractivity (Wildman–Crippen MR) is 164 cm³/mol. The highest BCUT2D eigenvalue weighted by Crippen LogP contribution is 2.31. The standard InChI is InChI=1S/C29H31ClFN3O.C4H10/c1-21(2)17-28(33-19-22-7-4-3-5-8-22)29(34-20-32-15-6-16-35)24-11-14-26(27(30)18-24)23-9-12-25(31)13-10-23;1-4(2)3/h3-5,7-14,16,18,20-21,33H,6,15,17,19H2,1-2H3,(H,32,34);4H,1-3H3/b29-28-;. The Kier molecular flexibility index (Phi) is 14.0. The second-order valence-corrected chi connectivity index (χ2v) is 10.8. The number of aliphatic imine (C=N–C) groups is 1. The van der Waals surface area contributed by atoms with Crippen LogP contribution in [0.15, 0.2) is 83.5 Å². The van der Waals surface area contributed by atoms with Crippen molar-refractivity contribution in [3.8, 4) is 11.1 Å². The van der Waals surface area contributed by atoms with Gasteiger partial charge in [-0.15, -0.1) is 0 Å². The van der Waals surface area contributed by atoms with Crippen molar-refractivity contribution in [2.24, 2.45) is 16.8 Å². The Bertz CT molecular complexity index is 1200. The summed E-state index contributed by atoms with van der Waals surface area (Å²) in [6.07, 6.45) is 3.67. The number of aldehydes is 1. The predicted octanol–water partition coefficient (Wildman–Crippen LogP) is 8.52. The van der Waals surface area contributed by atoms with Crippen molar-refractivity contribution >= 4 is 29.9 Å². The molecule has 0 aliphatic heterocycles. The van der Waals surface area contributed by atoms with Crippen molar-refractivity contribution in [1.82, 2.24) is 10.6 Å². The minimum atomic E-state index is -0.285. The number of halogens is 2. The van der Waals surface area contributed by atoms with E-state index in [-0.39, 0.29) is 5.82 Å². The van der Waals surface area contributed by atoms with Crippen LogP contribution in [0.2, 0.25) is 5.02 Å². The van der Waals surface area contributed by atoms with E-state index in [9.17, 15) is 9.18 Å². The molecule has 0 unspecified atom stereocenters. The summed E-state index contributed by atoms with van der Waals surface area (Å²) >= 11 is 6.70. The molecule has 0 aliphatic carbocycles. The summed E-state index contributed by atoms with van der Waals surface area (Å²) in [5.74, 6) is 0.957. The third-order valence-corrected chi connectivity index (χ3v) is 5.66. The second kappa shape index (κ2) is 17.2. The summed E-state index contributed by atoms with van der Waals surface area (Å²) in [7, 11) is 0. The molecule has 0 radical (unpaired) electrons. The first-order valence-electron chi connectivity index (χ1n) is 13.5. The Balaban J connectivity index is 0.00000124. The fourth-order valence-corrected chi connectivity index (χ4v) is 3.95. The molecule has 0 saturated carbocycles. The molecule has 3 aromatic rings. The van der Waals surface area contributed by atoms with Gasteiger partial charge in [-0.25, -0.2) is 4.39 Å². The van der Waals surface area contributed by atoms with E-state index in [1.807, 2.05) is 36.4 Å². The average Bonchev–Trinajstić information content (AvgIpc) is 2.89. The Morgan fingerprint density at radius 1 is 0.974 bits per heavy atom. The Hall–Kier alpha value is -3.44. The van der Waals surface area contributed by atoms with Gasteiger partial charge in [-0.1, -0.05) is 101 Å². The van der Waals surface area contributed by atoms with Gasteiger partial charge in [0.25, 0.3) is 0 Å². The quantitative estimate of drug-likeness (QED) is 0.103. The molecule has 0 spiro atoms. The molecular weight excluding hydrogens is 509 g/mol. The number of nitrogens with zero attached hydrogens (tertiary/aromatic N) is 1. The SMILES string of the molecule is CC(C)C.CC(C)C/C(NCc1ccccc1)=C(/NC=NCCC=O)c1ccc(-c2ccc(F)cc2)c(Cl)c1.